The fourth-order valence-electron chi connectivity index (χ4n) is 7.49. The van der Waals surface area contributed by atoms with E-state index in [-0.39, 0.29) is 29.9 Å². The second-order valence-corrected chi connectivity index (χ2v) is 20.3. The summed E-state index contributed by atoms with van der Waals surface area (Å²) in [5, 5.41) is 0. The predicted octanol–water partition coefficient (Wildman–Crippen LogP) is 15.4. The Balaban J connectivity index is -0.000000217. The average Bonchev–Trinajstić information content (AvgIpc) is 3.46. The molecule has 15 nitrogen and oxygen atoms in total. The number of hydrogen-bond acceptors (Lipinski definition) is 15. The van der Waals surface area contributed by atoms with Crippen LogP contribution in [0.4, 0.5) is 0 Å². The molecule has 0 heterocycles. The zero-order valence-corrected chi connectivity index (χ0v) is 53.4. The van der Waals surface area contributed by atoms with Gasteiger partial charge in [-0.1, -0.05) is 204 Å². The first-order valence-corrected chi connectivity index (χ1v) is 31.4. The highest BCUT2D eigenvalue weighted by atomic mass is 16.5. The number of aldehydes is 2. The van der Waals surface area contributed by atoms with Gasteiger partial charge in [0.1, 0.15) is 18.7 Å². The lowest BCUT2D eigenvalue weighted by atomic mass is 9.99. The first-order chi connectivity index (χ1) is 38.4. The van der Waals surface area contributed by atoms with E-state index >= 15 is 0 Å². The van der Waals surface area contributed by atoms with Crippen molar-refractivity contribution >= 4 is 43.9 Å². The Bertz CT molecular complexity index is 1160. The summed E-state index contributed by atoms with van der Waals surface area (Å²) in [6, 6.07) is 0. The quantitative estimate of drug-likeness (QED) is 0.0242. The molecule has 0 aliphatic rings. The molecule has 15 heteroatoms. The van der Waals surface area contributed by atoms with Crippen molar-refractivity contribution in [2.75, 3.05) is 74.0 Å². The van der Waals surface area contributed by atoms with Crippen LogP contribution < -0.4 is 0 Å². The van der Waals surface area contributed by atoms with Gasteiger partial charge in [-0.05, 0) is 70.4 Å². The van der Waals surface area contributed by atoms with Crippen molar-refractivity contribution in [3.8, 4) is 0 Å². The topological polar surface area (TPSA) is 187 Å². The van der Waals surface area contributed by atoms with Crippen LogP contribution in [0.25, 0.3) is 0 Å². The fourth-order valence-corrected chi connectivity index (χ4v) is 7.49. The van der Waals surface area contributed by atoms with Crippen molar-refractivity contribution in [1.82, 2.24) is 4.90 Å². The Labute approximate surface area is 485 Å². The number of unbranched alkanes of at least 4 members (excludes halogenated alkanes) is 20. The summed E-state index contributed by atoms with van der Waals surface area (Å²) in [5.74, 6) is 0.285. The van der Waals surface area contributed by atoms with Crippen LogP contribution in [0.3, 0.4) is 0 Å². The van der Waals surface area contributed by atoms with Gasteiger partial charge in [-0.2, -0.15) is 0 Å². The van der Waals surface area contributed by atoms with Crippen molar-refractivity contribution in [1.29, 1.82) is 0 Å². The number of hydrogen-bond donors (Lipinski definition) is 0. The number of methoxy groups -OCH3 is 2. The molecule has 2 unspecified atom stereocenters. The van der Waals surface area contributed by atoms with Crippen LogP contribution in [0, 0.1) is 17.8 Å². The molecule has 0 saturated heterocycles. The SMILES string of the molecule is CCC(CC=O)CC=O.CCC(CCN(C)CC)OC=O.CCC(COC)COC=O.CCCCCCCCOC.CCCCCCCCOC(=O)CC(CC)CC(=O)OCCCCCCCC.CCCCCCCCOC=O. The van der Waals surface area contributed by atoms with Gasteiger partial charge < -0.3 is 47.6 Å². The summed E-state index contributed by atoms with van der Waals surface area (Å²) in [6.07, 6.45) is 37.7. The van der Waals surface area contributed by atoms with Crippen molar-refractivity contribution in [3.05, 3.63) is 0 Å². The Hall–Kier alpha value is -3.43. The van der Waals surface area contributed by atoms with E-state index in [2.05, 4.69) is 56.0 Å². The van der Waals surface area contributed by atoms with Gasteiger partial charge in [-0.3, -0.25) is 24.0 Å². The van der Waals surface area contributed by atoms with Crippen LogP contribution in [0.1, 0.15) is 274 Å². The molecule has 0 amide bonds. The molecule has 472 valence electrons. The highest BCUT2D eigenvalue weighted by molar-refractivity contribution is 5.73. The number of carbonyl (C=O) groups is 7. The fraction of sp³-hybridized carbons (Fsp3) is 0.891. The standard InChI is InChI=1S/C23H44O4.C9H19NO2.C9H18O2.C9H20O.C7H14O3.C7H12O2/c1-4-7-9-11-13-15-17-26-22(24)19-21(6-3)20-23(25)27-18-16-14-12-10-8-5-2;1-4-9(12-8-11)6-7-10(3)5-2;1-2-3-4-5-6-7-8-11-9-10;1-3-4-5-6-7-8-9-10-2;1-3-7(4-9-2)5-10-6-8;1-2-7(3-5-8)4-6-9/h21H,4-20H2,1-3H3;8-9H,4-7H2,1-3H3;9H,2-8H2,1H3;3-9H2,1-2H3;6-7H,3-5H2,1-2H3;5-7H,2-4H2,1H3. The van der Waals surface area contributed by atoms with E-state index in [1.165, 1.54) is 122 Å². The van der Waals surface area contributed by atoms with Crippen molar-refractivity contribution in [2.24, 2.45) is 17.8 Å². The maximum absolute atomic E-state index is 11.9. The number of rotatable bonds is 52. The van der Waals surface area contributed by atoms with Crippen LogP contribution in [-0.4, -0.2) is 129 Å². The monoisotopic (exact) mass is 1130 g/mol. The van der Waals surface area contributed by atoms with E-state index in [0.29, 0.717) is 84.1 Å². The minimum atomic E-state index is -0.181. The Morgan fingerprint density at radius 2 is 0.810 bits per heavy atom. The normalized spacial score (nSPS) is 11.0. The molecule has 0 radical (unpaired) electrons. The highest BCUT2D eigenvalue weighted by Crippen LogP contribution is 2.16. The molecule has 0 aromatic carbocycles. The first-order valence-electron chi connectivity index (χ1n) is 31.4. The van der Waals surface area contributed by atoms with Gasteiger partial charge in [0, 0.05) is 59.0 Å². The Kier molecular flexibility index (Phi) is 89.1. The van der Waals surface area contributed by atoms with E-state index in [1.54, 1.807) is 14.2 Å². The summed E-state index contributed by atoms with van der Waals surface area (Å²) in [7, 11) is 5.48. The lowest BCUT2D eigenvalue weighted by molar-refractivity contribution is -0.148. The molecule has 0 spiro atoms. The predicted molar refractivity (Wildman–Crippen MR) is 324 cm³/mol. The summed E-state index contributed by atoms with van der Waals surface area (Å²) in [4.78, 5) is 75.5. The molecule has 0 aliphatic heterocycles. The molecule has 0 fully saturated rings. The molecule has 0 aromatic rings. The molecule has 2 atom stereocenters. The molecule has 0 rings (SSSR count). The second kappa shape index (κ2) is 81.0. The second-order valence-electron chi connectivity index (χ2n) is 20.3. The molecular formula is C64H127NO14. The van der Waals surface area contributed by atoms with E-state index in [9.17, 15) is 33.6 Å². The first kappa shape index (κ1) is 86.8. The van der Waals surface area contributed by atoms with Crippen molar-refractivity contribution < 1.29 is 66.7 Å². The molecule has 0 bridgehead atoms. The maximum Gasteiger partial charge on any atom is 0.306 e. The number of carbonyl (C=O) groups excluding carboxylic acids is 7. The lowest BCUT2D eigenvalue weighted by Crippen LogP contribution is -2.24. The van der Waals surface area contributed by atoms with Gasteiger partial charge in [0.05, 0.1) is 33.0 Å². The minimum Gasteiger partial charge on any atom is -0.468 e. The molecule has 79 heavy (non-hydrogen) atoms. The smallest absolute Gasteiger partial charge is 0.306 e. The van der Waals surface area contributed by atoms with Crippen molar-refractivity contribution in [2.45, 2.75) is 280 Å². The van der Waals surface area contributed by atoms with Gasteiger partial charge in [0.2, 0.25) is 0 Å². The summed E-state index contributed by atoms with van der Waals surface area (Å²) < 4.78 is 34.5. The summed E-state index contributed by atoms with van der Waals surface area (Å²) in [5.41, 5.74) is 0. The van der Waals surface area contributed by atoms with Crippen LogP contribution in [-0.2, 0) is 66.7 Å². The third kappa shape index (κ3) is 83.5. The zero-order chi connectivity index (χ0) is 60.5. The van der Waals surface area contributed by atoms with Crippen LogP contribution in [0.2, 0.25) is 0 Å². The lowest BCUT2D eigenvalue weighted by Gasteiger charge is -2.17. The molecule has 0 aliphatic carbocycles. The van der Waals surface area contributed by atoms with Crippen LogP contribution in [0.15, 0.2) is 0 Å². The van der Waals surface area contributed by atoms with Crippen LogP contribution in [0.5, 0.6) is 0 Å². The third-order valence-electron chi connectivity index (χ3n) is 13.3. The van der Waals surface area contributed by atoms with Crippen molar-refractivity contribution in [3.63, 3.8) is 0 Å². The average molecular weight is 1130 g/mol. The van der Waals surface area contributed by atoms with Gasteiger partial charge in [0.25, 0.3) is 19.4 Å². The molecule has 0 aromatic heterocycles. The molecule has 0 saturated carbocycles. The zero-order valence-electron chi connectivity index (χ0n) is 53.4. The Morgan fingerprint density at radius 3 is 1.14 bits per heavy atom. The summed E-state index contributed by atoms with van der Waals surface area (Å²) >= 11 is 0. The van der Waals surface area contributed by atoms with E-state index < -0.39 is 0 Å². The van der Waals surface area contributed by atoms with Gasteiger partial charge in [0.15, 0.2) is 0 Å². The van der Waals surface area contributed by atoms with E-state index in [0.717, 1.165) is 96.5 Å². The Morgan fingerprint density at radius 1 is 0.418 bits per heavy atom. The number of esters is 2. The van der Waals surface area contributed by atoms with E-state index in [4.69, 9.17) is 23.7 Å². The van der Waals surface area contributed by atoms with Gasteiger partial charge >= 0.3 is 11.9 Å². The largest absolute Gasteiger partial charge is 0.468 e. The molecular weight excluding hydrogens is 1010 g/mol. The maximum atomic E-state index is 11.9. The van der Waals surface area contributed by atoms with Gasteiger partial charge in [-0.25, -0.2) is 0 Å². The minimum absolute atomic E-state index is 0.0270. The van der Waals surface area contributed by atoms with Gasteiger partial charge in [-0.15, -0.1) is 0 Å². The third-order valence-corrected chi connectivity index (χ3v) is 13.3. The number of ether oxygens (including phenoxy) is 7. The number of nitrogens with zero attached hydrogens (tertiary/aromatic N) is 1. The van der Waals surface area contributed by atoms with E-state index in [1.807, 2.05) is 27.7 Å². The molecule has 0 N–H and O–H groups in total. The van der Waals surface area contributed by atoms with Crippen LogP contribution >= 0.6 is 0 Å². The highest BCUT2D eigenvalue weighted by Gasteiger charge is 2.18. The summed E-state index contributed by atoms with van der Waals surface area (Å²) in [6.45, 7) is 26.2.